The fraction of sp³-hybridized carbons (Fsp3) is 0.460. The average Bonchev–Trinajstić information content (AvgIpc) is 1.66. The van der Waals surface area contributed by atoms with Crippen molar-refractivity contribution in [2.75, 3.05) is 67.5 Å². The Labute approximate surface area is 531 Å². The topological polar surface area (TPSA) is 273 Å². The van der Waals surface area contributed by atoms with Gasteiger partial charge in [-0.3, -0.25) is 47.7 Å². The van der Waals surface area contributed by atoms with Gasteiger partial charge in [0, 0.05) is 90.5 Å². The summed E-state index contributed by atoms with van der Waals surface area (Å²) in [5, 5.41) is 21.0. The van der Waals surface area contributed by atoms with Gasteiger partial charge >= 0.3 is 0 Å². The minimum atomic E-state index is -0.822. The molecular formula is C63H79Cl2F2N15O8. The van der Waals surface area contributed by atoms with Gasteiger partial charge in [-0.25, -0.2) is 8.78 Å². The number of likely N-dealkylation sites (N-methyl/N-ethyl adjacent to an activating group) is 1. The van der Waals surface area contributed by atoms with Crippen LogP contribution in [0.5, 0.6) is 0 Å². The van der Waals surface area contributed by atoms with Crippen LogP contribution in [0.25, 0.3) is 32.2 Å². The van der Waals surface area contributed by atoms with E-state index in [4.69, 9.17) is 28.7 Å². The van der Waals surface area contributed by atoms with Crippen molar-refractivity contribution in [1.82, 2.24) is 60.0 Å². The molecule has 2 saturated heterocycles. The maximum absolute atomic E-state index is 14.2. The fourth-order valence-corrected chi connectivity index (χ4v) is 10.8. The van der Waals surface area contributed by atoms with Crippen LogP contribution >= 0.6 is 23.2 Å². The number of carbonyl (C=O) groups is 8. The summed E-state index contributed by atoms with van der Waals surface area (Å²) in [6, 6.07) is 19.0. The predicted octanol–water partition coefficient (Wildman–Crippen LogP) is 8.02. The Hall–Kier alpha value is -8.19. The molecule has 0 radical (unpaired) electrons. The van der Waals surface area contributed by atoms with Crippen LogP contribution in [0.4, 0.5) is 8.78 Å². The second-order valence-corrected chi connectivity index (χ2v) is 23.8. The number of piperidine rings is 2. The van der Waals surface area contributed by atoms with E-state index in [1.165, 1.54) is 101 Å². The van der Waals surface area contributed by atoms with Gasteiger partial charge < -0.3 is 40.4 Å². The highest BCUT2D eigenvalue weighted by Gasteiger charge is 2.28. The van der Waals surface area contributed by atoms with Gasteiger partial charge in [-0.05, 0) is 159 Å². The second kappa shape index (κ2) is 33.0. The largest absolute Gasteiger partial charge is 0.350 e. The zero-order chi connectivity index (χ0) is 66.1. The molecular weight excluding hydrogens is 1200 g/mol. The SMILES string of the molecule is CC(=O)c1nn(CC(=O)N(CC(=O)NCc2cccc(Cl)c2F)C(C)C)c2ccc(C(=O)N=[N+]=[N-])cc12.CC(=O)c1nn(CC(=O)N(CC(=O)NCc2cccc(Cl)c2F)C(C)C)c2ccc(CC(=O)N(C)C3CCN(C)CC3)cc12.CNC1CCN(C)CC1. The number of ketones is 2. The summed E-state index contributed by atoms with van der Waals surface area (Å²) in [7, 11) is 8.16. The molecule has 0 unspecified atom stereocenters. The van der Waals surface area contributed by atoms with Crippen LogP contribution in [0.1, 0.15) is 115 Å². The molecule has 0 aliphatic carbocycles. The van der Waals surface area contributed by atoms with Gasteiger partial charge in [0.15, 0.2) is 11.6 Å². The van der Waals surface area contributed by atoms with Gasteiger partial charge in [-0.15, -0.1) is 0 Å². The van der Waals surface area contributed by atoms with E-state index in [0.29, 0.717) is 21.8 Å². The predicted molar refractivity (Wildman–Crippen MR) is 340 cm³/mol. The van der Waals surface area contributed by atoms with E-state index in [9.17, 15) is 47.1 Å². The molecule has 4 heterocycles. The molecule has 90 heavy (non-hydrogen) atoms. The standard InChI is InChI=1S/C32H40ClFN6O4.C24H23ClFN7O4.C7H16N2/c1-20(2)39(18-28(42)35-17-23-7-6-8-26(33)31(23)34)30(44)19-40-27-10-9-22(15-25(27)32(36-40)21(3)41)16-29(43)38(5)24-11-13-37(4)14-12-24;1-13(2)32(11-20(35)28-10-16-5-4-6-18(25)22(16)26)21(36)12-33-19-8-7-15(24(37)29-31-27)9-17(19)23(30-33)14(3)34;1-8-7-3-5-9(2)6-4-7/h6-10,15,20,24H,11-14,16-19H2,1-5H3,(H,35,42);4-9,13H,10-12H2,1-3H3,(H,28,35);7-8H,3-6H2,1-2H3. The minimum absolute atomic E-state index is 0.00907. The number of aromatic nitrogens is 4. The number of benzene rings is 4. The molecule has 4 aromatic carbocycles. The van der Waals surface area contributed by atoms with Gasteiger partial charge in [-0.2, -0.15) is 10.2 Å². The molecule has 3 N–H and O–H groups in total. The highest BCUT2D eigenvalue weighted by atomic mass is 35.5. The Kier molecular flexibility index (Phi) is 26.0. The molecule has 2 fully saturated rings. The summed E-state index contributed by atoms with van der Waals surface area (Å²) in [5.74, 6) is -4.48. The van der Waals surface area contributed by atoms with Crippen molar-refractivity contribution in [1.29, 1.82) is 0 Å². The number of amides is 6. The number of halogens is 4. The third-order valence-electron chi connectivity index (χ3n) is 15.8. The Morgan fingerprint density at radius 1 is 0.667 bits per heavy atom. The third-order valence-corrected chi connectivity index (χ3v) is 16.4. The van der Waals surface area contributed by atoms with E-state index < -0.39 is 41.0 Å². The van der Waals surface area contributed by atoms with Crippen LogP contribution in [0.3, 0.4) is 0 Å². The molecule has 0 spiro atoms. The first kappa shape index (κ1) is 70.9. The zero-order valence-corrected chi connectivity index (χ0v) is 54.0. The molecule has 0 atom stereocenters. The van der Waals surface area contributed by atoms with Crippen LogP contribution in [0.15, 0.2) is 77.9 Å². The molecule has 6 amide bonds. The molecule has 2 aliphatic heterocycles. The lowest BCUT2D eigenvalue weighted by molar-refractivity contribution is -0.138. The third kappa shape index (κ3) is 19.2. The van der Waals surface area contributed by atoms with Crippen molar-refractivity contribution < 1.29 is 47.1 Å². The summed E-state index contributed by atoms with van der Waals surface area (Å²) in [4.78, 5) is 113. The molecule has 2 aromatic heterocycles. The lowest BCUT2D eigenvalue weighted by atomic mass is 10.0. The van der Waals surface area contributed by atoms with Gasteiger partial charge in [0.25, 0.3) is 0 Å². The van der Waals surface area contributed by atoms with E-state index in [0.717, 1.165) is 37.5 Å². The lowest BCUT2D eigenvalue weighted by Gasteiger charge is -2.35. The number of fused-ring (bicyclic) bond motifs is 2. The van der Waals surface area contributed by atoms with E-state index in [1.54, 1.807) is 52.0 Å². The number of nitrogens with one attached hydrogen (secondary N) is 3. The second-order valence-electron chi connectivity index (χ2n) is 23.0. The van der Waals surface area contributed by atoms with Crippen LogP contribution in [-0.2, 0) is 56.6 Å². The quantitative estimate of drug-likeness (QED) is 0.0267. The maximum Gasteiger partial charge on any atom is 0.249 e. The number of nitrogens with zero attached hydrogens (tertiary/aromatic N) is 12. The normalized spacial score (nSPS) is 13.8. The van der Waals surface area contributed by atoms with Crippen molar-refractivity contribution in [3.05, 3.63) is 139 Å². The number of carbonyl (C=O) groups excluding carboxylic acids is 8. The number of Topliss-reactive ketones (excluding diaryl/α,β-unsaturated/α-hetero) is 2. The molecule has 6 aromatic rings. The number of likely N-dealkylation sites (tertiary alicyclic amines) is 2. The first-order valence-corrected chi connectivity index (χ1v) is 30.4. The number of hydrogen-bond acceptors (Lipinski definition) is 13. The van der Waals surface area contributed by atoms with Crippen molar-refractivity contribution >= 4 is 92.0 Å². The van der Waals surface area contributed by atoms with Gasteiger partial charge in [0.2, 0.25) is 35.4 Å². The van der Waals surface area contributed by atoms with Gasteiger partial charge in [0.05, 0.1) is 40.6 Å². The molecule has 0 bridgehead atoms. The van der Waals surface area contributed by atoms with Gasteiger partial charge in [-0.1, -0.05) is 53.5 Å². The van der Waals surface area contributed by atoms with Crippen molar-refractivity contribution in [3.8, 4) is 0 Å². The Morgan fingerprint density at radius 3 is 1.54 bits per heavy atom. The molecule has 8 rings (SSSR count). The first-order chi connectivity index (χ1) is 42.7. The van der Waals surface area contributed by atoms with Crippen LogP contribution in [-0.4, -0.2) is 183 Å². The summed E-state index contributed by atoms with van der Waals surface area (Å²) >= 11 is 11.6. The number of azide groups is 1. The maximum atomic E-state index is 14.2. The summed E-state index contributed by atoms with van der Waals surface area (Å²) in [6.07, 6.45) is 4.68. The fourth-order valence-electron chi connectivity index (χ4n) is 10.4. The van der Waals surface area contributed by atoms with Crippen LogP contribution in [0.2, 0.25) is 10.0 Å². The summed E-state index contributed by atoms with van der Waals surface area (Å²) in [5.41, 5.74) is 11.0. The van der Waals surface area contributed by atoms with Crippen molar-refractivity contribution in [3.63, 3.8) is 0 Å². The average molecular weight is 1280 g/mol. The van der Waals surface area contributed by atoms with E-state index in [2.05, 4.69) is 67.1 Å². The minimum Gasteiger partial charge on any atom is -0.350 e. The van der Waals surface area contributed by atoms with Crippen LogP contribution < -0.4 is 16.0 Å². The number of rotatable bonds is 21. The van der Waals surface area contributed by atoms with Gasteiger partial charge in [0.1, 0.15) is 36.1 Å². The molecule has 2 aliphatic rings. The first-order valence-electron chi connectivity index (χ1n) is 29.6. The number of hydrogen-bond donors (Lipinski definition) is 3. The van der Waals surface area contributed by atoms with E-state index >= 15 is 0 Å². The molecule has 0 saturated carbocycles. The lowest BCUT2D eigenvalue weighted by Crippen LogP contribution is -2.45. The van der Waals surface area contributed by atoms with E-state index in [1.807, 2.05) is 18.0 Å². The van der Waals surface area contributed by atoms with Crippen molar-refractivity contribution in [2.24, 2.45) is 5.11 Å². The Bertz CT molecular complexity index is 3650. The molecule has 23 nitrogen and oxygen atoms in total. The summed E-state index contributed by atoms with van der Waals surface area (Å²) in [6.45, 7) is 13.0. The van der Waals surface area contributed by atoms with Crippen LogP contribution in [0, 0.1) is 11.6 Å². The molecule has 482 valence electrons. The highest BCUT2D eigenvalue weighted by Crippen LogP contribution is 2.26. The smallest absolute Gasteiger partial charge is 0.249 e. The van der Waals surface area contributed by atoms with E-state index in [-0.39, 0.29) is 120 Å². The monoisotopic (exact) mass is 1280 g/mol. The van der Waals surface area contributed by atoms with Crippen molar-refractivity contribution in [2.45, 2.75) is 124 Å². The highest BCUT2D eigenvalue weighted by molar-refractivity contribution is 6.31. The summed E-state index contributed by atoms with van der Waals surface area (Å²) < 4.78 is 31.1. The zero-order valence-electron chi connectivity index (χ0n) is 52.5. The molecule has 27 heteroatoms. The Balaban J connectivity index is 0.000000254. The Morgan fingerprint density at radius 2 is 1.11 bits per heavy atom.